The number of pyridine rings is 1. The van der Waals surface area contributed by atoms with Gasteiger partial charge in [0.2, 0.25) is 0 Å². The van der Waals surface area contributed by atoms with Crippen LogP contribution in [-0.2, 0) is 0 Å². The van der Waals surface area contributed by atoms with Crippen LogP contribution in [0.1, 0.15) is 0 Å². The molecular formula is C26H23NOSi. The van der Waals surface area contributed by atoms with Crippen LogP contribution >= 0.6 is 0 Å². The van der Waals surface area contributed by atoms with Crippen molar-refractivity contribution in [3.05, 3.63) is 85.1 Å². The second-order valence-corrected chi connectivity index (χ2v) is 13.6. The summed E-state index contributed by atoms with van der Waals surface area (Å²) in [6, 6.07) is 27.5. The number of hydrogen-bond acceptors (Lipinski definition) is 2. The zero-order chi connectivity index (χ0) is 20.0. The van der Waals surface area contributed by atoms with Crippen molar-refractivity contribution in [1.29, 1.82) is 0 Å². The molecule has 0 atom stereocenters. The molecule has 0 spiro atoms. The van der Waals surface area contributed by atoms with Crippen LogP contribution in [0, 0.1) is 0 Å². The number of rotatable bonds is 3. The SMILES string of the molecule is C[Si](C)(C)c1cnc(-c2ccc3c(c2)oc2ccccc23)cc1-c1ccccc1. The van der Waals surface area contributed by atoms with Gasteiger partial charge in [-0.1, -0.05) is 74.2 Å². The molecule has 5 rings (SSSR count). The minimum atomic E-state index is -1.53. The van der Waals surface area contributed by atoms with E-state index in [9.17, 15) is 0 Å². The molecule has 29 heavy (non-hydrogen) atoms. The predicted octanol–water partition coefficient (Wildman–Crippen LogP) is 6.86. The van der Waals surface area contributed by atoms with Gasteiger partial charge in [-0.15, -0.1) is 0 Å². The van der Waals surface area contributed by atoms with Crippen LogP contribution in [0.3, 0.4) is 0 Å². The highest BCUT2D eigenvalue weighted by atomic mass is 28.3. The summed E-state index contributed by atoms with van der Waals surface area (Å²) in [5, 5.41) is 3.68. The summed E-state index contributed by atoms with van der Waals surface area (Å²) in [7, 11) is -1.53. The highest BCUT2D eigenvalue weighted by Crippen LogP contribution is 2.32. The van der Waals surface area contributed by atoms with Crippen LogP contribution in [-0.4, -0.2) is 13.1 Å². The summed E-state index contributed by atoms with van der Waals surface area (Å²) >= 11 is 0. The van der Waals surface area contributed by atoms with E-state index in [-0.39, 0.29) is 0 Å². The number of para-hydroxylation sites is 1. The average Bonchev–Trinajstić information content (AvgIpc) is 3.11. The standard InChI is InChI=1S/C26H23NOSi/c1-29(2,3)26-17-27-23(16-22(26)18-9-5-4-6-10-18)19-13-14-21-20-11-7-8-12-24(20)28-25(21)15-19/h4-17H,1-3H3. The monoisotopic (exact) mass is 393 g/mol. The fraction of sp³-hybridized carbons (Fsp3) is 0.115. The molecule has 0 aliphatic rings. The van der Waals surface area contributed by atoms with Gasteiger partial charge in [-0.2, -0.15) is 0 Å². The van der Waals surface area contributed by atoms with E-state index in [0.717, 1.165) is 33.2 Å². The first-order valence-electron chi connectivity index (χ1n) is 9.98. The molecule has 0 saturated heterocycles. The Balaban J connectivity index is 1.69. The molecule has 0 fully saturated rings. The van der Waals surface area contributed by atoms with Crippen molar-refractivity contribution in [3.8, 4) is 22.4 Å². The minimum absolute atomic E-state index is 0.904. The number of benzene rings is 3. The van der Waals surface area contributed by atoms with E-state index in [2.05, 4.69) is 86.5 Å². The second kappa shape index (κ2) is 6.71. The van der Waals surface area contributed by atoms with Crippen LogP contribution in [0.15, 0.2) is 89.5 Å². The fourth-order valence-corrected chi connectivity index (χ4v) is 5.43. The third kappa shape index (κ3) is 3.18. The van der Waals surface area contributed by atoms with Crippen molar-refractivity contribution in [2.45, 2.75) is 19.6 Å². The van der Waals surface area contributed by atoms with Gasteiger partial charge in [0.05, 0.1) is 13.8 Å². The van der Waals surface area contributed by atoms with Gasteiger partial charge < -0.3 is 4.42 Å². The molecule has 0 bridgehead atoms. The first-order chi connectivity index (χ1) is 14.0. The maximum absolute atomic E-state index is 6.09. The topological polar surface area (TPSA) is 26.0 Å². The van der Waals surface area contributed by atoms with E-state index >= 15 is 0 Å². The Labute approximate surface area is 171 Å². The Morgan fingerprint density at radius 2 is 1.41 bits per heavy atom. The van der Waals surface area contributed by atoms with Crippen molar-refractivity contribution >= 4 is 35.2 Å². The van der Waals surface area contributed by atoms with Gasteiger partial charge in [-0.25, -0.2) is 0 Å². The van der Waals surface area contributed by atoms with Gasteiger partial charge in [0.1, 0.15) is 11.2 Å². The lowest BCUT2D eigenvalue weighted by Gasteiger charge is -2.21. The number of furan rings is 1. The van der Waals surface area contributed by atoms with Gasteiger partial charge in [-0.05, 0) is 40.6 Å². The molecule has 2 heterocycles. The molecule has 5 aromatic rings. The first kappa shape index (κ1) is 17.9. The fourth-order valence-electron chi connectivity index (χ4n) is 3.95. The number of hydrogen-bond donors (Lipinski definition) is 0. The summed E-state index contributed by atoms with van der Waals surface area (Å²) in [6.45, 7) is 7.11. The second-order valence-electron chi connectivity index (χ2n) is 8.54. The Morgan fingerprint density at radius 1 is 0.690 bits per heavy atom. The largest absolute Gasteiger partial charge is 0.456 e. The van der Waals surface area contributed by atoms with Crippen molar-refractivity contribution in [1.82, 2.24) is 4.98 Å². The van der Waals surface area contributed by atoms with Gasteiger partial charge in [-0.3, -0.25) is 4.98 Å². The highest BCUT2D eigenvalue weighted by molar-refractivity contribution is 6.89. The molecule has 0 N–H and O–H groups in total. The van der Waals surface area contributed by atoms with Crippen LogP contribution in [0.5, 0.6) is 0 Å². The van der Waals surface area contributed by atoms with E-state index < -0.39 is 8.07 Å². The third-order valence-corrected chi connectivity index (χ3v) is 7.49. The molecule has 0 amide bonds. The van der Waals surface area contributed by atoms with E-state index in [1.165, 1.54) is 16.3 Å². The maximum Gasteiger partial charge on any atom is 0.136 e. The molecule has 0 aliphatic heterocycles. The number of nitrogens with zero attached hydrogens (tertiary/aromatic N) is 1. The summed E-state index contributed by atoms with van der Waals surface area (Å²) in [6.07, 6.45) is 2.09. The van der Waals surface area contributed by atoms with E-state index in [4.69, 9.17) is 9.40 Å². The molecule has 0 radical (unpaired) electrons. The Bertz CT molecular complexity index is 1330. The van der Waals surface area contributed by atoms with Gasteiger partial charge in [0.15, 0.2) is 0 Å². The lowest BCUT2D eigenvalue weighted by Crippen LogP contribution is -2.39. The Hall–Kier alpha value is -3.17. The quantitative estimate of drug-likeness (QED) is 0.313. The van der Waals surface area contributed by atoms with E-state index in [1.54, 1.807) is 0 Å². The number of fused-ring (bicyclic) bond motifs is 3. The van der Waals surface area contributed by atoms with Crippen molar-refractivity contribution in [3.63, 3.8) is 0 Å². The summed E-state index contributed by atoms with van der Waals surface area (Å²) < 4.78 is 6.09. The average molecular weight is 394 g/mol. The van der Waals surface area contributed by atoms with Crippen molar-refractivity contribution < 1.29 is 4.42 Å². The molecule has 2 aromatic heterocycles. The van der Waals surface area contributed by atoms with Gasteiger partial charge in [0.25, 0.3) is 0 Å². The zero-order valence-electron chi connectivity index (χ0n) is 16.9. The molecule has 142 valence electrons. The van der Waals surface area contributed by atoms with Crippen molar-refractivity contribution in [2.24, 2.45) is 0 Å². The smallest absolute Gasteiger partial charge is 0.136 e. The molecule has 0 saturated carbocycles. The molecule has 0 unspecified atom stereocenters. The summed E-state index contributed by atoms with van der Waals surface area (Å²) in [5.41, 5.74) is 6.43. The molecular weight excluding hydrogens is 370 g/mol. The van der Waals surface area contributed by atoms with E-state index in [1.807, 2.05) is 18.2 Å². The Kier molecular flexibility index (Phi) is 4.14. The number of aromatic nitrogens is 1. The predicted molar refractivity (Wildman–Crippen MR) is 125 cm³/mol. The zero-order valence-corrected chi connectivity index (χ0v) is 17.9. The van der Waals surface area contributed by atoms with Gasteiger partial charge in [0, 0.05) is 22.5 Å². The molecule has 3 aromatic carbocycles. The maximum atomic E-state index is 6.09. The highest BCUT2D eigenvalue weighted by Gasteiger charge is 2.22. The minimum Gasteiger partial charge on any atom is -0.456 e. The van der Waals surface area contributed by atoms with Crippen molar-refractivity contribution in [2.75, 3.05) is 0 Å². The summed E-state index contributed by atoms with van der Waals surface area (Å²) in [4.78, 5) is 4.86. The van der Waals surface area contributed by atoms with Gasteiger partial charge >= 0.3 is 0 Å². The Morgan fingerprint density at radius 3 is 2.21 bits per heavy atom. The molecule has 2 nitrogen and oxygen atoms in total. The molecule has 3 heteroatoms. The third-order valence-electron chi connectivity index (χ3n) is 5.47. The van der Waals surface area contributed by atoms with Crippen LogP contribution < -0.4 is 5.19 Å². The lowest BCUT2D eigenvalue weighted by molar-refractivity contribution is 0.669. The summed E-state index contributed by atoms with van der Waals surface area (Å²) in [5.74, 6) is 0. The van der Waals surface area contributed by atoms with Crippen LogP contribution in [0.25, 0.3) is 44.3 Å². The van der Waals surface area contributed by atoms with Crippen LogP contribution in [0.2, 0.25) is 19.6 Å². The van der Waals surface area contributed by atoms with E-state index in [0.29, 0.717) is 0 Å². The van der Waals surface area contributed by atoms with Crippen LogP contribution in [0.4, 0.5) is 0 Å². The first-order valence-corrected chi connectivity index (χ1v) is 13.5. The molecule has 0 aliphatic carbocycles. The normalized spacial score (nSPS) is 12.0. The lowest BCUT2D eigenvalue weighted by atomic mass is 10.0.